The molecule has 0 radical (unpaired) electrons. The van der Waals surface area contributed by atoms with E-state index < -0.39 is 5.97 Å². The maximum atomic E-state index is 11.6. The molecule has 1 aromatic heterocycles. The Labute approximate surface area is 127 Å². The number of rotatable bonds is 4. The molecule has 0 aliphatic heterocycles. The molecule has 21 heavy (non-hydrogen) atoms. The van der Waals surface area contributed by atoms with E-state index in [4.69, 9.17) is 0 Å². The highest BCUT2D eigenvalue weighted by Gasteiger charge is 2.41. The van der Waals surface area contributed by atoms with Gasteiger partial charge in [-0.05, 0) is 37.0 Å². The molecule has 1 N–H and O–H groups in total. The molecule has 1 aromatic rings. The summed E-state index contributed by atoms with van der Waals surface area (Å²) in [4.78, 5) is 16.2. The smallest absolute Gasteiger partial charge is 0.307 e. The van der Waals surface area contributed by atoms with Gasteiger partial charge in [0.25, 0.3) is 0 Å². The lowest BCUT2D eigenvalue weighted by Crippen LogP contribution is -2.35. The Kier molecular flexibility index (Phi) is 4.74. The molecule has 4 nitrogen and oxygen atoms in total. The summed E-state index contributed by atoms with van der Waals surface area (Å²) in [6.45, 7) is 9.83. The van der Waals surface area contributed by atoms with Crippen molar-refractivity contribution < 1.29 is 9.90 Å². The lowest BCUT2D eigenvalue weighted by Gasteiger charge is -2.40. The van der Waals surface area contributed by atoms with Crippen molar-refractivity contribution in [3.8, 4) is 0 Å². The molecule has 4 heteroatoms. The first-order chi connectivity index (χ1) is 9.84. The van der Waals surface area contributed by atoms with E-state index in [0.717, 1.165) is 38.1 Å². The molecule has 1 aliphatic rings. The van der Waals surface area contributed by atoms with Gasteiger partial charge in [0, 0.05) is 24.9 Å². The molecule has 2 rings (SSSR count). The van der Waals surface area contributed by atoms with Crippen LogP contribution in [0.2, 0.25) is 0 Å². The monoisotopic (exact) mass is 292 g/mol. The molecule has 0 aromatic carbocycles. The summed E-state index contributed by atoms with van der Waals surface area (Å²) in [5.41, 5.74) is 0.226. The van der Waals surface area contributed by atoms with Crippen molar-refractivity contribution in [3.05, 3.63) is 18.2 Å². The normalized spacial score (nSPS) is 26.8. The minimum atomic E-state index is -0.668. The molecule has 1 fully saturated rings. The second-order valence-electron chi connectivity index (χ2n) is 7.41. The summed E-state index contributed by atoms with van der Waals surface area (Å²) < 4.78 is 2.14. The van der Waals surface area contributed by atoms with Crippen LogP contribution in [0.5, 0.6) is 0 Å². The van der Waals surface area contributed by atoms with E-state index >= 15 is 0 Å². The van der Waals surface area contributed by atoms with E-state index in [9.17, 15) is 9.90 Å². The van der Waals surface area contributed by atoms with E-state index in [2.05, 4.69) is 37.2 Å². The van der Waals surface area contributed by atoms with E-state index in [1.54, 1.807) is 0 Å². The second-order valence-corrected chi connectivity index (χ2v) is 7.41. The maximum Gasteiger partial charge on any atom is 0.307 e. The van der Waals surface area contributed by atoms with Crippen LogP contribution >= 0.6 is 0 Å². The Morgan fingerprint density at radius 1 is 1.43 bits per heavy atom. The predicted octanol–water partition coefficient (Wildman–Crippen LogP) is 3.92. The number of imidazole rings is 1. The Balaban J connectivity index is 2.29. The quantitative estimate of drug-likeness (QED) is 0.915. The van der Waals surface area contributed by atoms with E-state index in [0.29, 0.717) is 5.92 Å². The third-order valence-corrected chi connectivity index (χ3v) is 4.94. The van der Waals surface area contributed by atoms with Crippen molar-refractivity contribution in [1.29, 1.82) is 0 Å². The van der Waals surface area contributed by atoms with Gasteiger partial charge in [0.05, 0.1) is 5.92 Å². The SMILES string of the molecule is CCCn1ccnc1C1CC(C(C)(C)C)CCC1C(=O)O. The van der Waals surface area contributed by atoms with Gasteiger partial charge < -0.3 is 9.67 Å². The molecule has 0 saturated heterocycles. The minimum Gasteiger partial charge on any atom is -0.481 e. The highest BCUT2D eigenvalue weighted by Crippen LogP contribution is 2.46. The predicted molar refractivity (Wildman–Crippen MR) is 83.2 cm³/mol. The summed E-state index contributed by atoms with van der Waals surface area (Å²) >= 11 is 0. The first kappa shape index (κ1) is 16.1. The largest absolute Gasteiger partial charge is 0.481 e. The Morgan fingerprint density at radius 2 is 2.14 bits per heavy atom. The number of aryl methyl sites for hydroxylation is 1. The number of nitrogens with zero attached hydrogens (tertiary/aromatic N) is 2. The number of hydrogen-bond donors (Lipinski definition) is 1. The Morgan fingerprint density at radius 3 is 2.71 bits per heavy atom. The number of carbonyl (C=O) groups is 1. The zero-order chi connectivity index (χ0) is 15.6. The van der Waals surface area contributed by atoms with Crippen LogP contribution in [0.1, 0.15) is 65.1 Å². The van der Waals surface area contributed by atoms with E-state index in [-0.39, 0.29) is 17.3 Å². The average Bonchev–Trinajstić information content (AvgIpc) is 2.85. The summed E-state index contributed by atoms with van der Waals surface area (Å²) in [5.74, 6) is 0.616. The highest BCUT2D eigenvalue weighted by molar-refractivity contribution is 5.71. The lowest BCUT2D eigenvalue weighted by molar-refractivity contribution is -0.144. The van der Waals surface area contributed by atoms with E-state index in [1.165, 1.54) is 0 Å². The first-order valence-electron chi connectivity index (χ1n) is 8.08. The third kappa shape index (κ3) is 3.47. The van der Waals surface area contributed by atoms with Gasteiger partial charge >= 0.3 is 5.97 Å². The zero-order valence-corrected chi connectivity index (χ0v) is 13.7. The van der Waals surface area contributed by atoms with Crippen LogP contribution in [-0.2, 0) is 11.3 Å². The molecule has 1 saturated carbocycles. The minimum absolute atomic E-state index is 0.0435. The van der Waals surface area contributed by atoms with Crippen molar-refractivity contribution in [1.82, 2.24) is 9.55 Å². The number of aliphatic carboxylic acids is 1. The molecular formula is C17H28N2O2. The standard InChI is InChI=1S/C17H28N2O2/c1-5-9-19-10-8-18-15(19)14-11-12(17(2,3)4)6-7-13(14)16(20)21/h8,10,12-14H,5-7,9,11H2,1-4H3,(H,20,21). The summed E-state index contributed by atoms with van der Waals surface area (Å²) in [6.07, 6.45) is 7.53. The number of carboxylic acids is 1. The molecule has 1 aliphatic carbocycles. The van der Waals surface area contributed by atoms with Gasteiger partial charge in [-0.25, -0.2) is 4.98 Å². The van der Waals surface area contributed by atoms with Crippen molar-refractivity contribution in [2.75, 3.05) is 0 Å². The van der Waals surface area contributed by atoms with Gasteiger partial charge in [-0.1, -0.05) is 27.7 Å². The Hall–Kier alpha value is -1.32. The van der Waals surface area contributed by atoms with Crippen molar-refractivity contribution >= 4 is 5.97 Å². The molecule has 0 bridgehead atoms. The Bertz CT molecular complexity index is 487. The zero-order valence-electron chi connectivity index (χ0n) is 13.7. The van der Waals surface area contributed by atoms with Crippen LogP contribution in [0.4, 0.5) is 0 Å². The summed E-state index contributed by atoms with van der Waals surface area (Å²) in [6, 6.07) is 0. The number of carboxylic acid groups (broad SMARTS) is 1. The van der Waals surface area contributed by atoms with Gasteiger partial charge in [0.15, 0.2) is 0 Å². The van der Waals surface area contributed by atoms with Crippen LogP contribution in [0, 0.1) is 17.3 Å². The van der Waals surface area contributed by atoms with Crippen LogP contribution in [-0.4, -0.2) is 20.6 Å². The molecule has 1 heterocycles. The van der Waals surface area contributed by atoms with Crippen LogP contribution in [0.3, 0.4) is 0 Å². The van der Waals surface area contributed by atoms with Gasteiger partial charge in [0.2, 0.25) is 0 Å². The fraction of sp³-hybridized carbons (Fsp3) is 0.765. The van der Waals surface area contributed by atoms with Crippen molar-refractivity contribution in [2.45, 2.75) is 65.8 Å². The van der Waals surface area contributed by atoms with Crippen LogP contribution < -0.4 is 0 Å². The molecule has 0 spiro atoms. The number of aromatic nitrogens is 2. The van der Waals surface area contributed by atoms with Gasteiger partial charge in [0.1, 0.15) is 5.82 Å². The topological polar surface area (TPSA) is 55.1 Å². The van der Waals surface area contributed by atoms with Gasteiger partial charge in [-0.3, -0.25) is 4.79 Å². The van der Waals surface area contributed by atoms with Crippen LogP contribution in [0.25, 0.3) is 0 Å². The summed E-state index contributed by atoms with van der Waals surface area (Å²) in [5, 5.41) is 9.58. The number of hydrogen-bond acceptors (Lipinski definition) is 2. The van der Waals surface area contributed by atoms with Crippen molar-refractivity contribution in [2.24, 2.45) is 17.3 Å². The van der Waals surface area contributed by atoms with Crippen molar-refractivity contribution in [3.63, 3.8) is 0 Å². The molecule has 3 unspecified atom stereocenters. The molecular weight excluding hydrogens is 264 g/mol. The second kappa shape index (κ2) is 6.20. The molecule has 3 atom stereocenters. The fourth-order valence-electron chi connectivity index (χ4n) is 3.62. The summed E-state index contributed by atoms with van der Waals surface area (Å²) in [7, 11) is 0. The third-order valence-electron chi connectivity index (χ3n) is 4.94. The molecule has 118 valence electrons. The first-order valence-corrected chi connectivity index (χ1v) is 8.08. The fourth-order valence-corrected chi connectivity index (χ4v) is 3.62. The maximum absolute atomic E-state index is 11.6. The lowest BCUT2D eigenvalue weighted by atomic mass is 9.65. The highest BCUT2D eigenvalue weighted by atomic mass is 16.4. The molecule has 0 amide bonds. The van der Waals surface area contributed by atoms with Crippen LogP contribution in [0.15, 0.2) is 12.4 Å². The van der Waals surface area contributed by atoms with Gasteiger partial charge in [-0.2, -0.15) is 0 Å². The van der Waals surface area contributed by atoms with Gasteiger partial charge in [-0.15, -0.1) is 0 Å². The van der Waals surface area contributed by atoms with E-state index in [1.807, 2.05) is 12.4 Å². The average molecular weight is 292 g/mol.